The number of amides is 1. The number of nitrogens with zero attached hydrogens (tertiary/aromatic N) is 7. The molecular formula is C49H57N8O7P. The first-order valence-corrected chi connectivity index (χ1v) is 22.8. The van der Waals surface area contributed by atoms with Crippen molar-refractivity contribution in [3.05, 3.63) is 138 Å². The predicted molar refractivity (Wildman–Crippen MR) is 251 cm³/mol. The summed E-state index contributed by atoms with van der Waals surface area (Å²) in [5, 5.41) is 12.4. The average Bonchev–Trinajstić information content (AvgIpc) is 3.93. The van der Waals surface area contributed by atoms with Crippen LogP contribution >= 0.6 is 8.53 Å². The highest BCUT2D eigenvalue weighted by atomic mass is 31.2. The fourth-order valence-corrected chi connectivity index (χ4v) is 9.83. The maximum atomic E-state index is 13.3. The third-order valence-corrected chi connectivity index (χ3v) is 13.3. The molecule has 4 atom stereocenters. The van der Waals surface area contributed by atoms with Crippen LogP contribution in [0.2, 0.25) is 0 Å². The number of rotatable bonds is 20. The minimum atomic E-state index is -1.68. The molecule has 3 heterocycles. The number of methoxy groups -OCH3 is 2. The normalized spacial score (nSPS) is 16.8. The van der Waals surface area contributed by atoms with Crippen LogP contribution in [0.4, 0.5) is 11.8 Å². The Kier molecular flexibility index (Phi) is 15.4. The summed E-state index contributed by atoms with van der Waals surface area (Å²) in [6.07, 6.45) is 0.388. The fraction of sp³-hybridized carbons (Fsp3) is 0.367. The van der Waals surface area contributed by atoms with E-state index < -0.39 is 32.6 Å². The fourth-order valence-electron chi connectivity index (χ4n) is 8.07. The minimum Gasteiger partial charge on any atom is -0.497 e. The number of anilines is 2. The molecule has 2 aromatic heterocycles. The van der Waals surface area contributed by atoms with E-state index in [-0.39, 0.29) is 43.6 Å². The Morgan fingerprint density at radius 2 is 1.46 bits per heavy atom. The third kappa shape index (κ3) is 10.4. The topological polar surface area (TPSA) is 158 Å². The van der Waals surface area contributed by atoms with E-state index in [1.165, 1.54) is 0 Å². The van der Waals surface area contributed by atoms with Crippen molar-refractivity contribution < 1.29 is 32.8 Å². The average molecular weight is 901 g/mol. The standard InChI is InChI=1S/C49H57N8O7P/c1-33(2)57(34(3)4)65(62-29-15-28-50)64-41-30-43(56-32-51-44-45(55(5)6)52-48(53-46(44)56)54-47(58)35-16-11-9-12-17-35)63-42(41)31-61-49(36-18-13-10-14-19-36,37-20-24-39(59-7)25-21-37)38-22-26-40(60-8)27-23-38/h9-14,16-27,32-34,41-43H,15,29-31H2,1-8H3,(H,52,53,54,58)/t41-,42+,43+,65?/m0/s1. The van der Waals surface area contributed by atoms with Gasteiger partial charge in [0.25, 0.3) is 14.4 Å². The summed E-state index contributed by atoms with van der Waals surface area (Å²) in [6.45, 7) is 8.69. The highest BCUT2D eigenvalue weighted by Crippen LogP contribution is 2.51. The molecular weight excluding hydrogens is 844 g/mol. The SMILES string of the molecule is COc1ccc(C(OC[C@H]2O[C@@H](n3cnc4c(N(C)C)nc(NC(=O)c5ccccc5)nc43)C[C@@H]2OP(OCCC#N)N(C(C)C)C(C)C)(c2ccccc2)c2ccc(OC)cc2)cc1. The quantitative estimate of drug-likeness (QED) is 0.0440. The van der Waals surface area contributed by atoms with Gasteiger partial charge in [-0.05, 0) is 80.8 Å². The van der Waals surface area contributed by atoms with Crippen molar-refractivity contribution in [1.29, 1.82) is 5.26 Å². The van der Waals surface area contributed by atoms with Crippen molar-refractivity contribution in [1.82, 2.24) is 24.2 Å². The summed E-state index contributed by atoms with van der Waals surface area (Å²) >= 11 is 0. The Bertz CT molecular complexity index is 2460. The molecule has 16 heteroatoms. The number of hydrogen-bond donors (Lipinski definition) is 1. The molecule has 0 spiro atoms. The van der Waals surface area contributed by atoms with Crippen LogP contribution in [0.25, 0.3) is 11.2 Å². The van der Waals surface area contributed by atoms with Gasteiger partial charge in [-0.2, -0.15) is 15.2 Å². The van der Waals surface area contributed by atoms with E-state index in [1.54, 1.807) is 44.8 Å². The van der Waals surface area contributed by atoms with Gasteiger partial charge in [0.05, 0.1) is 52.4 Å². The largest absolute Gasteiger partial charge is 0.497 e. The lowest BCUT2D eigenvalue weighted by Gasteiger charge is -2.39. The molecule has 1 aliphatic rings. The summed E-state index contributed by atoms with van der Waals surface area (Å²) in [5.41, 5.74) is 2.97. The van der Waals surface area contributed by atoms with Crippen molar-refractivity contribution in [2.75, 3.05) is 51.7 Å². The van der Waals surface area contributed by atoms with Crippen LogP contribution in [-0.4, -0.2) is 95.9 Å². The number of hydrogen-bond acceptors (Lipinski definition) is 13. The molecule has 15 nitrogen and oxygen atoms in total. The molecule has 6 aromatic rings. The number of nitrogens with one attached hydrogen (secondary N) is 1. The van der Waals surface area contributed by atoms with Crippen molar-refractivity contribution in [3.8, 4) is 17.6 Å². The van der Waals surface area contributed by atoms with Crippen LogP contribution in [0.1, 0.15) is 73.8 Å². The zero-order valence-corrected chi connectivity index (χ0v) is 39.0. The van der Waals surface area contributed by atoms with E-state index in [1.807, 2.05) is 96.4 Å². The third-order valence-electron chi connectivity index (χ3n) is 11.1. The van der Waals surface area contributed by atoms with Gasteiger partial charge in [-0.15, -0.1) is 0 Å². The highest BCUT2D eigenvalue weighted by molar-refractivity contribution is 7.44. The Balaban J connectivity index is 1.32. The number of imidazole rings is 1. The van der Waals surface area contributed by atoms with Gasteiger partial charge in [-0.3, -0.25) is 14.7 Å². The molecule has 1 amide bonds. The van der Waals surface area contributed by atoms with E-state index in [9.17, 15) is 10.1 Å². The summed E-state index contributed by atoms with van der Waals surface area (Å²) in [7, 11) is 5.33. The lowest BCUT2D eigenvalue weighted by molar-refractivity contribution is -0.0912. The molecule has 1 aliphatic heterocycles. The lowest BCUT2D eigenvalue weighted by atomic mass is 9.80. The molecule has 0 aliphatic carbocycles. The second-order valence-corrected chi connectivity index (χ2v) is 17.7. The molecule has 1 fully saturated rings. The Hall–Kier alpha value is -5.98. The van der Waals surface area contributed by atoms with Crippen molar-refractivity contribution in [2.45, 2.75) is 76.7 Å². The monoisotopic (exact) mass is 900 g/mol. The number of carbonyl (C=O) groups is 1. The van der Waals surface area contributed by atoms with Crippen LogP contribution in [-0.2, 0) is 24.1 Å². The maximum Gasteiger partial charge on any atom is 0.259 e. The Labute approximate surface area is 382 Å². The second kappa shape index (κ2) is 21.3. The lowest BCUT2D eigenvalue weighted by Crippen LogP contribution is -2.39. The van der Waals surface area contributed by atoms with Crippen molar-refractivity contribution in [3.63, 3.8) is 0 Å². The zero-order valence-electron chi connectivity index (χ0n) is 38.1. The van der Waals surface area contributed by atoms with Gasteiger partial charge in [0.2, 0.25) is 5.95 Å². The van der Waals surface area contributed by atoms with Crippen LogP contribution < -0.4 is 19.7 Å². The van der Waals surface area contributed by atoms with E-state index in [2.05, 4.69) is 55.9 Å². The van der Waals surface area contributed by atoms with Gasteiger partial charge in [-0.1, -0.05) is 72.8 Å². The summed E-state index contributed by atoms with van der Waals surface area (Å²) < 4.78 is 43.3. The molecule has 7 rings (SSSR count). The van der Waals surface area contributed by atoms with E-state index >= 15 is 0 Å². The van der Waals surface area contributed by atoms with Gasteiger partial charge in [0, 0.05) is 38.2 Å². The van der Waals surface area contributed by atoms with Crippen molar-refractivity contribution in [2.24, 2.45) is 0 Å². The first-order chi connectivity index (χ1) is 31.5. The van der Waals surface area contributed by atoms with E-state index in [4.69, 9.17) is 42.9 Å². The van der Waals surface area contributed by atoms with Gasteiger partial charge in [0.15, 0.2) is 17.0 Å². The van der Waals surface area contributed by atoms with Crippen molar-refractivity contribution >= 4 is 37.4 Å². The number of benzene rings is 4. The number of ether oxygens (including phenoxy) is 4. The predicted octanol–water partition coefficient (Wildman–Crippen LogP) is 9.12. The highest BCUT2D eigenvalue weighted by Gasteiger charge is 2.45. The van der Waals surface area contributed by atoms with Gasteiger partial charge in [-0.25, -0.2) is 9.65 Å². The summed E-state index contributed by atoms with van der Waals surface area (Å²) in [4.78, 5) is 29.5. The van der Waals surface area contributed by atoms with E-state index in [0.717, 1.165) is 16.7 Å². The molecule has 340 valence electrons. The number of aromatic nitrogens is 4. The molecule has 1 saturated heterocycles. The summed E-state index contributed by atoms with van der Waals surface area (Å²) in [6, 6.07) is 37.1. The molecule has 1 N–H and O–H groups in total. The minimum absolute atomic E-state index is 0.0650. The Morgan fingerprint density at radius 3 is 2.02 bits per heavy atom. The van der Waals surface area contributed by atoms with Crippen LogP contribution in [0.15, 0.2) is 116 Å². The molecule has 1 unspecified atom stereocenters. The van der Waals surface area contributed by atoms with Gasteiger partial charge < -0.3 is 32.9 Å². The van der Waals surface area contributed by atoms with Gasteiger partial charge >= 0.3 is 0 Å². The number of carbonyl (C=O) groups excluding carboxylic acids is 1. The first kappa shape index (κ1) is 47.0. The zero-order chi connectivity index (χ0) is 46.1. The molecule has 0 bridgehead atoms. The van der Waals surface area contributed by atoms with E-state index in [0.29, 0.717) is 40.5 Å². The Morgan fingerprint density at radius 1 is 0.877 bits per heavy atom. The molecule has 0 radical (unpaired) electrons. The number of fused-ring (bicyclic) bond motifs is 1. The second-order valence-electron chi connectivity index (χ2n) is 16.3. The molecule has 0 saturated carbocycles. The van der Waals surface area contributed by atoms with Crippen LogP contribution in [0.5, 0.6) is 11.5 Å². The van der Waals surface area contributed by atoms with Gasteiger partial charge in [0.1, 0.15) is 29.4 Å². The number of nitriles is 1. The van der Waals surface area contributed by atoms with Crippen LogP contribution in [0, 0.1) is 11.3 Å². The summed E-state index contributed by atoms with van der Waals surface area (Å²) in [5.74, 6) is 1.72. The maximum absolute atomic E-state index is 13.3. The first-order valence-electron chi connectivity index (χ1n) is 21.6. The molecule has 4 aromatic carbocycles. The smallest absolute Gasteiger partial charge is 0.259 e. The molecule has 65 heavy (non-hydrogen) atoms. The van der Waals surface area contributed by atoms with Crippen LogP contribution in [0.3, 0.4) is 0 Å².